The van der Waals surface area contributed by atoms with Crippen molar-refractivity contribution < 1.29 is 4.79 Å². The van der Waals surface area contributed by atoms with Gasteiger partial charge < -0.3 is 0 Å². The van der Waals surface area contributed by atoms with E-state index in [1.165, 1.54) is 12.5 Å². The molecule has 0 unspecified atom stereocenters. The Labute approximate surface area is 115 Å². The SMILES string of the molecule is CC(=O)NC([Se])=Nc1cccc(C2=CC=CC2)c1. The third-order valence-corrected chi connectivity index (χ3v) is 2.91. The summed E-state index contributed by atoms with van der Waals surface area (Å²) in [4.78, 5) is 15.2. The maximum absolute atomic E-state index is 10.9. The molecular weight excluding hydrogens is 291 g/mol. The number of nitrogens with one attached hydrogen (secondary N) is 1. The number of carbonyl (C=O) groups is 1. The Balaban J connectivity index is 2.19. The Hall–Kier alpha value is -1.64. The van der Waals surface area contributed by atoms with Crippen LogP contribution in [0.25, 0.3) is 5.57 Å². The van der Waals surface area contributed by atoms with Crippen molar-refractivity contribution >= 4 is 37.9 Å². The molecule has 1 aliphatic carbocycles. The van der Waals surface area contributed by atoms with Gasteiger partial charge >= 0.3 is 114 Å². The zero-order chi connectivity index (χ0) is 13.0. The number of benzene rings is 1. The molecule has 1 aliphatic rings. The second kappa shape index (κ2) is 5.80. The zero-order valence-corrected chi connectivity index (χ0v) is 11.7. The molecule has 0 atom stereocenters. The quantitative estimate of drug-likeness (QED) is 0.508. The van der Waals surface area contributed by atoms with Gasteiger partial charge in [-0.15, -0.1) is 0 Å². The van der Waals surface area contributed by atoms with Gasteiger partial charge in [0, 0.05) is 0 Å². The van der Waals surface area contributed by atoms with Crippen LogP contribution in [0.4, 0.5) is 5.69 Å². The van der Waals surface area contributed by atoms with Crippen LogP contribution in [0.1, 0.15) is 18.9 Å². The van der Waals surface area contributed by atoms with Gasteiger partial charge in [0.1, 0.15) is 0 Å². The van der Waals surface area contributed by atoms with Crippen molar-refractivity contribution in [2.75, 3.05) is 0 Å². The molecule has 2 rings (SSSR count). The average molecular weight is 304 g/mol. The molecule has 1 radical (unpaired) electrons. The van der Waals surface area contributed by atoms with E-state index in [1.807, 2.05) is 18.2 Å². The third kappa shape index (κ3) is 3.42. The summed E-state index contributed by atoms with van der Waals surface area (Å²) >= 11 is 2.74. The van der Waals surface area contributed by atoms with Gasteiger partial charge in [0.15, 0.2) is 0 Å². The second-order valence-electron chi connectivity index (χ2n) is 3.97. The van der Waals surface area contributed by atoms with Gasteiger partial charge in [-0.2, -0.15) is 0 Å². The first-order chi connectivity index (χ1) is 8.65. The number of carbonyl (C=O) groups excluding carboxylic acids is 1. The summed E-state index contributed by atoms with van der Waals surface area (Å²) in [6.07, 6.45) is 7.25. The topological polar surface area (TPSA) is 41.5 Å². The van der Waals surface area contributed by atoms with Crippen LogP contribution in [-0.2, 0) is 4.79 Å². The average Bonchev–Trinajstić information content (AvgIpc) is 2.81. The first-order valence-corrected chi connectivity index (χ1v) is 6.50. The fraction of sp³-hybridized carbons (Fsp3) is 0.143. The van der Waals surface area contributed by atoms with Crippen LogP contribution in [0.3, 0.4) is 0 Å². The van der Waals surface area contributed by atoms with Crippen molar-refractivity contribution in [3.8, 4) is 0 Å². The Morgan fingerprint density at radius 1 is 1.44 bits per heavy atom. The van der Waals surface area contributed by atoms with Gasteiger partial charge in [0.2, 0.25) is 0 Å². The fourth-order valence-electron chi connectivity index (χ4n) is 1.73. The number of nitrogens with zero attached hydrogens (tertiary/aromatic N) is 1. The number of aliphatic imine (C=N–C) groups is 1. The van der Waals surface area contributed by atoms with Crippen LogP contribution in [-0.4, -0.2) is 26.7 Å². The second-order valence-corrected chi connectivity index (χ2v) is 4.78. The summed E-state index contributed by atoms with van der Waals surface area (Å²) < 4.78 is 0.484. The predicted octanol–water partition coefficient (Wildman–Crippen LogP) is 2.32. The van der Waals surface area contributed by atoms with Crippen molar-refractivity contribution in [3.63, 3.8) is 0 Å². The van der Waals surface area contributed by atoms with E-state index in [-0.39, 0.29) is 5.91 Å². The van der Waals surface area contributed by atoms with Crippen LogP contribution in [0.15, 0.2) is 47.5 Å². The molecule has 1 N–H and O–H groups in total. The van der Waals surface area contributed by atoms with Gasteiger partial charge in [-0.1, -0.05) is 0 Å². The van der Waals surface area contributed by atoms with E-state index in [0.29, 0.717) is 4.73 Å². The molecule has 3 nitrogen and oxygen atoms in total. The van der Waals surface area contributed by atoms with Gasteiger partial charge in [0.05, 0.1) is 0 Å². The standard InChI is InChI=1S/C14H13N2OSe/c1-10(17)15-14(18)16-13-8-4-7-12(9-13)11-5-2-3-6-11/h2-5,7-9H,6H2,1H3,(H,15,16,17). The summed E-state index contributed by atoms with van der Waals surface area (Å²) in [6, 6.07) is 7.95. The van der Waals surface area contributed by atoms with Crippen molar-refractivity contribution in [2.24, 2.45) is 4.99 Å². The molecule has 0 fully saturated rings. The first kappa shape index (κ1) is 12.8. The Morgan fingerprint density at radius 2 is 2.28 bits per heavy atom. The van der Waals surface area contributed by atoms with Crippen molar-refractivity contribution in [1.82, 2.24) is 5.32 Å². The summed E-state index contributed by atoms with van der Waals surface area (Å²) in [5.74, 6) is -0.133. The molecule has 0 saturated heterocycles. The molecule has 1 amide bonds. The minimum atomic E-state index is -0.133. The van der Waals surface area contributed by atoms with E-state index < -0.39 is 0 Å². The Kier molecular flexibility index (Phi) is 4.13. The van der Waals surface area contributed by atoms with Crippen molar-refractivity contribution in [1.29, 1.82) is 0 Å². The van der Waals surface area contributed by atoms with Crippen LogP contribution in [0.5, 0.6) is 0 Å². The molecule has 0 heterocycles. The van der Waals surface area contributed by atoms with E-state index in [2.05, 4.69) is 50.6 Å². The fourth-order valence-corrected chi connectivity index (χ4v) is 2.26. The Bertz CT molecular complexity index is 559. The molecule has 1 aromatic carbocycles. The summed E-state index contributed by atoms with van der Waals surface area (Å²) in [5, 5.41) is 2.61. The van der Waals surface area contributed by atoms with Crippen LogP contribution in [0.2, 0.25) is 0 Å². The summed E-state index contributed by atoms with van der Waals surface area (Å²) in [7, 11) is 0. The monoisotopic (exact) mass is 305 g/mol. The van der Waals surface area contributed by atoms with Crippen LogP contribution in [0, 0.1) is 0 Å². The van der Waals surface area contributed by atoms with Crippen LogP contribution < -0.4 is 5.32 Å². The van der Waals surface area contributed by atoms with E-state index in [1.54, 1.807) is 0 Å². The molecule has 4 heteroatoms. The predicted molar refractivity (Wildman–Crippen MR) is 74.8 cm³/mol. The molecule has 0 aromatic heterocycles. The van der Waals surface area contributed by atoms with Gasteiger partial charge in [-0.25, -0.2) is 0 Å². The molecule has 0 aliphatic heterocycles. The number of hydrogen-bond acceptors (Lipinski definition) is 2. The van der Waals surface area contributed by atoms with Gasteiger partial charge in [-0.05, 0) is 0 Å². The summed E-state index contributed by atoms with van der Waals surface area (Å²) in [6.45, 7) is 1.46. The molecule has 91 valence electrons. The normalized spacial score (nSPS) is 14.5. The number of hydrogen-bond donors (Lipinski definition) is 1. The number of rotatable bonds is 2. The van der Waals surface area contributed by atoms with Crippen LogP contribution >= 0.6 is 0 Å². The van der Waals surface area contributed by atoms with E-state index in [4.69, 9.17) is 0 Å². The molecule has 0 bridgehead atoms. The minimum absolute atomic E-state index is 0.133. The molecule has 1 aromatic rings. The van der Waals surface area contributed by atoms with Gasteiger partial charge in [-0.3, -0.25) is 0 Å². The first-order valence-electron chi connectivity index (χ1n) is 5.64. The number of amidine groups is 1. The molecule has 18 heavy (non-hydrogen) atoms. The van der Waals surface area contributed by atoms with Gasteiger partial charge in [0.25, 0.3) is 0 Å². The number of amides is 1. The zero-order valence-electron chi connectivity index (χ0n) is 10.0. The maximum atomic E-state index is 10.9. The molecule has 0 spiro atoms. The number of allylic oxidation sites excluding steroid dienone is 4. The van der Waals surface area contributed by atoms with Crippen molar-refractivity contribution in [2.45, 2.75) is 13.3 Å². The molecule has 0 saturated carbocycles. The van der Waals surface area contributed by atoms with E-state index in [9.17, 15) is 4.79 Å². The summed E-state index contributed by atoms with van der Waals surface area (Å²) in [5.41, 5.74) is 3.27. The third-order valence-electron chi connectivity index (χ3n) is 2.50. The van der Waals surface area contributed by atoms with Crippen molar-refractivity contribution in [3.05, 3.63) is 48.1 Å². The van der Waals surface area contributed by atoms with E-state index >= 15 is 0 Å². The molecular formula is C14H13N2OSe. The Morgan fingerprint density at radius 3 is 2.94 bits per heavy atom. The van der Waals surface area contributed by atoms with E-state index in [0.717, 1.165) is 17.7 Å².